The summed E-state index contributed by atoms with van der Waals surface area (Å²) in [6.45, 7) is 4.13. The smallest absolute Gasteiger partial charge is 0.101 e. The van der Waals surface area contributed by atoms with Crippen molar-refractivity contribution in [3.63, 3.8) is 0 Å². The van der Waals surface area contributed by atoms with E-state index in [1.807, 2.05) is 32.0 Å². The van der Waals surface area contributed by atoms with Crippen LogP contribution in [0.15, 0.2) is 18.2 Å². The van der Waals surface area contributed by atoms with Crippen molar-refractivity contribution in [1.82, 2.24) is 0 Å². The second-order valence-corrected chi connectivity index (χ2v) is 3.72. The molecule has 3 heteroatoms. The standard InChI is InChI=1S/C12H16N2O/c1-9-3-4-11(8-13)12(7-9)14-10(2)5-6-15/h3-4,7,10,14-15H,5-6H2,1-2H3. The maximum absolute atomic E-state index is 8.91. The van der Waals surface area contributed by atoms with Crippen molar-refractivity contribution in [3.8, 4) is 6.07 Å². The summed E-state index contributed by atoms with van der Waals surface area (Å²) in [5.41, 5.74) is 2.61. The van der Waals surface area contributed by atoms with E-state index < -0.39 is 0 Å². The van der Waals surface area contributed by atoms with Gasteiger partial charge < -0.3 is 10.4 Å². The highest BCUT2D eigenvalue weighted by Gasteiger charge is 2.05. The van der Waals surface area contributed by atoms with Gasteiger partial charge in [0.2, 0.25) is 0 Å². The topological polar surface area (TPSA) is 56.0 Å². The lowest BCUT2D eigenvalue weighted by Crippen LogP contribution is -2.17. The van der Waals surface area contributed by atoms with Crippen molar-refractivity contribution in [1.29, 1.82) is 5.26 Å². The second kappa shape index (κ2) is 5.38. The summed E-state index contributed by atoms with van der Waals surface area (Å²) < 4.78 is 0. The molecule has 0 saturated heterocycles. The maximum Gasteiger partial charge on any atom is 0.101 e. The fourth-order valence-electron chi connectivity index (χ4n) is 1.41. The van der Waals surface area contributed by atoms with Crippen molar-refractivity contribution in [2.24, 2.45) is 0 Å². The number of rotatable bonds is 4. The number of aryl methyl sites for hydroxylation is 1. The zero-order valence-corrected chi connectivity index (χ0v) is 9.12. The molecule has 15 heavy (non-hydrogen) atoms. The Bertz CT molecular complexity index is 368. The lowest BCUT2D eigenvalue weighted by atomic mass is 10.1. The highest BCUT2D eigenvalue weighted by atomic mass is 16.3. The summed E-state index contributed by atoms with van der Waals surface area (Å²) in [5, 5.41) is 20.9. The van der Waals surface area contributed by atoms with E-state index in [1.54, 1.807) is 0 Å². The molecular weight excluding hydrogens is 188 g/mol. The van der Waals surface area contributed by atoms with E-state index in [1.165, 1.54) is 0 Å². The molecule has 0 spiro atoms. The van der Waals surface area contributed by atoms with E-state index in [0.717, 1.165) is 11.3 Å². The quantitative estimate of drug-likeness (QED) is 0.789. The normalized spacial score (nSPS) is 11.9. The summed E-state index contributed by atoms with van der Waals surface area (Å²) in [5.74, 6) is 0. The molecule has 0 aromatic heterocycles. The molecule has 1 unspecified atom stereocenters. The van der Waals surface area contributed by atoms with Crippen LogP contribution in [0.25, 0.3) is 0 Å². The molecule has 0 amide bonds. The maximum atomic E-state index is 8.91. The number of nitrogens with one attached hydrogen (secondary N) is 1. The molecule has 0 aliphatic carbocycles. The highest BCUT2D eigenvalue weighted by Crippen LogP contribution is 2.18. The van der Waals surface area contributed by atoms with E-state index in [-0.39, 0.29) is 12.6 Å². The van der Waals surface area contributed by atoms with Crippen LogP contribution in [0.4, 0.5) is 5.69 Å². The number of anilines is 1. The van der Waals surface area contributed by atoms with Crippen LogP contribution in [0, 0.1) is 18.3 Å². The minimum Gasteiger partial charge on any atom is -0.396 e. The van der Waals surface area contributed by atoms with Gasteiger partial charge in [-0.15, -0.1) is 0 Å². The van der Waals surface area contributed by atoms with Crippen LogP contribution in [0.5, 0.6) is 0 Å². The Morgan fingerprint density at radius 1 is 1.53 bits per heavy atom. The van der Waals surface area contributed by atoms with Gasteiger partial charge in [-0.1, -0.05) is 6.07 Å². The summed E-state index contributed by atoms with van der Waals surface area (Å²) in [7, 11) is 0. The van der Waals surface area contributed by atoms with Crippen LogP contribution in [0.2, 0.25) is 0 Å². The molecule has 0 fully saturated rings. The van der Waals surface area contributed by atoms with Crippen LogP contribution in [-0.4, -0.2) is 17.8 Å². The van der Waals surface area contributed by atoms with Gasteiger partial charge in [-0.05, 0) is 38.0 Å². The van der Waals surface area contributed by atoms with Gasteiger partial charge in [0, 0.05) is 12.6 Å². The Morgan fingerprint density at radius 3 is 2.87 bits per heavy atom. The fourth-order valence-corrected chi connectivity index (χ4v) is 1.41. The molecule has 2 N–H and O–H groups in total. The van der Waals surface area contributed by atoms with Gasteiger partial charge in [-0.25, -0.2) is 0 Å². The minimum absolute atomic E-state index is 0.155. The third-order valence-corrected chi connectivity index (χ3v) is 2.26. The molecule has 1 atom stereocenters. The number of benzene rings is 1. The number of aliphatic hydroxyl groups is 1. The van der Waals surface area contributed by atoms with E-state index in [4.69, 9.17) is 10.4 Å². The molecule has 1 rings (SSSR count). The lowest BCUT2D eigenvalue weighted by molar-refractivity contribution is 0.282. The van der Waals surface area contributed by atoms with Gasteiger partial charge in [-0.2, -0.15) is 5.26 Å². The second-order valence-electron chi connectivity index (χ2n) is 3.72. The molecule has 0 heterocycles. The number of hydrogen-bond donors (Lipinski definition) is 2. The molecule has 80 valence electrons. The van der Waals surface area contributed by atoms with Gasteiger partial charge in [0.15, 0.2) is 0 Å². The van der Waals surface area contributed by atoms with Crippen LogP contribution in [0.3, 0.4) is 0 Å². The molecule has 1 aromatic rings. The first-order valence-electron chi connectivity index (χ1n) is 5.05. The Balaban J connectivity index is 2.83. The Morgan fingerprint density at radius 2 is 2.27 bits per heavy atom. The van der Waals surface area contributed by atoms with Gasteiger partial charge in [0.25, 0.3) is 0 Å². The largest absolute Gasteiger partial charge is 0.396 e. The molecule has 1 aromatic carbocycles. The predicted molar refractivity (Wildman–Crippen MR) is 60.7 cm³/mol. The average Bonchev–Trinajstić information content (AvgIpc) is 2.18. The highest BCUT2D eigenvalue weighted by molar-refractivity contribution is 5.59. The van der Waals surface area contributed by atoms with Gasteiger partial charge in [0.1, 0.15) is 6.07 Å². The Hall–Kier alpha value is -1.53. The number of aliphatic hydroxyl groups excluding tert-OH is 1. The zero-order valence-electron chi connectivity index (χ0n) is 9.12. The first kappa shape index (κ1) is 11.5. The molecule has 0 radical (unpaired) electrons. The third-order valence-electron chi connectivity index (χ3n) is 2.26. The summed E-state index contributed by atoms with van der Waals surface area (Å²) >= 11 is 0. The lowest BCUT2D eigenvalue weighted by Gasteiger charge is -2.15. The van der Waals surface area contributed by atoms with Crippen LogP contribution < -0.4 is 5.32 Å². The SMILES string of the molecule is Cc1ccc(C#N)c(NC(C)CCO)c1. The summed E-state index contributed by atoms with van der Waals surface area (Å²) in [4.78, 5) is 0. The first-order chi connectivity index (χ1) is 7.17. The minimum atomic E-state index is 0.155. The van der Waals surface area contributed by atoms with Crippen molar-refractivity contribution in [2.45, 2.75) is 26.3 Å². The molecule has 0 aliphatic rings. The number of hydrogen-bond acceptors (Lipinski definition) is 3. The molecule has 0 saturated carbocycles. The number of nitrogens with zero attached hydrogens (tertiary/aromatic N) is 1. The van der Waals surface area contributed by atoms with Crippen molar-refractivity contribution >= 4 is 5.69 Å². The van der Waals surface area contributed by atoms with E-state index >= 15 is 0 Å². The van der Waals surface area contributed by atoms with E-state index in [9.17, 15) is 0 Å². The van der Waals surface area contributed by atoms with Gasteiger partial charge >= 0.3 is 0 Å². The van der Waals surface area contributed by atoms with E-state index in [0.29, 0.717) is 12.0 Å². The monoisotopic (exact) mass is 204 g/mol. The molecular formula is C12H16N2O. The van der Waals surface area contributed by atoms with Crippen LogP contribution in [0.1, 0.15) is 24.5 Å². The number of nitriles is 1. The van der Waals surface area contributed by atoms with Gasteiger partial charge in [-0.3, -0.25) is 0 Å². The first-order valence-corrected chi connectivity index (χ1v) is 5.05. The van der Waals surface area contributed by atoms with Crippen molar-refractivity contribution < 1.29 is 5.11 Å². The average molecular weight is 204 g/mol. The zero-order chi connectivity index (χ0) is 11.3. The van der Waals surface area contributed by atoms with Crippen LogP contribution >= 0.6 is 0 Å². The van der Waals surface area contributed by atoms with Gasteiger partial charge in [0.05, 0.1) is 11.3 Å². The Kier molecular flexibility index (Phi) is 4.14. The summed E-state index contributed by atoms with van der Waals surface area (Å²) in [6.07, 6.45) is 0.679. The Labute approximate surface area is 90.4 Å². The predicted octanol–water partition coefficient (Wildman–Crippen LogP) is 2.05. The van der Waals surface area contributed by atoms with Crippen LogP contribution in [-0.2, 0) is 0 Å². The fraction of sp³-hybridized carbons (Fsp3) is 0.417. The molecule has 0 aliphatic heterocycles. The molecule has 0 bridgehead atoms. The third kappa shape index (κ3) is 3.26. The summed E-state index contributed by atoms with van der Waals surface area (Å²) in [6, 6.07) is 7.99. The van der Waals surface area contributed by atoms with Crippen molar-refractivity contribution in [2.75, 3.05) is 11.9 Å². The van der Waals surface area contributed by atoms with E-state index in [2.05, 4.69) is 11.4 Å². The molecule has 3 nitrogen and oxygen atoms in total. The van der Waals surface area contributed by atoms with Crippen molar-refractivity contribution in [3.05, 3.63) is 29.3 Å².